The third kappa shape index (κ3) is 3.55. The van der Waals surface area contributed by atoms with Gasteiger partial charge in [0.05, 0.1) is 15.7 Å². The molecule has 0 radical (unpaired) electrons. The van der Waals surface area contributed by atoms with Crippen molar-refractivity contribution in [3.63, 3.8) is 0 Å². The summed E-state index contributed by atoms with van der Waals surface area (Å²) >= 11 is 18.9. The Morgan fingerprint density at radius 3 is 2.30 bits per heavy atom. The lowest BCUT2D eigenvalue weighted by Crippen LogP contribution is -2.13. The standard InChI is InChI=1S/C14H9Br2Cl2NO/c1-7-2-3-11(17)13(12(7)18)19-14(20)8-4-9(15)6-10(16)5-8/h2-6H,1H3,(H,19,20). The number of nitrogens with one attached hydrogen (secondary N) is 1. The van der Waals surface area contributed by atoms with Crippen LogP contribution in [0.1, 0.15) is 15.9 Å². The monoisotopic (exact) mass is 435 g/mol. The van der Waals surface area contributed by atoms with E-state index in [1.54, 1.807) is 24.3 Å². The fourth-order valence-corrected chi connectivity index (χ4v) is 3.40. The zero-order valence-electron chi connectivity index (χ0n) is 10.3. The van der Waals surface area contributed by atoms with Gasteiger partial charge in [-0.15, -0.1) is 0 Å². The lowest BCUT2D eigenvalue weighted by atomic mass is 10.2. The maximum atomic E-state index is 12.3. The summed E-state index contributed by atoms with van der Waals surface area (Å²) in [6.07, 6.45) is 0. The zero-order valence-corrected chi connectivity index (χ0v) is 15.0. The van der Waals surface area contributed by atoms with E-state index in [4.69, 9.17) is 23.2 Å². The number of hydrogen-bond donors (Lipinski definition) is 1. The second-order valence-corrected chi connectivity index (χ2v) is 6.78. The van der Waals surface area contributed by atoms with Gasteiger partial charge in [0.1, 0.15) is 0 Å². The Morgan fingerprint density at radius 1 is 1.10 bits per heavy atom. The number of amides is 1. The first kappa shape index (κ1) is 15.8. The molecular formula is C14H9Br2Cl2NO. The summed E-state index contributed by atoms with van der Waals surface area (Å²) in [5, 5.41) is 3.60. The van der Waals surface area contributed by atoms with Crippen LogP contribution in [0, 0.1) is 6.92 Å². The van der Waals surface area contributed by atoms with Crippen LogP contribution in [0.25, 0.3) is 0 Å². The second-order valence-electron chi connectivity index (χ2n) is 4.17. The van der Waals surface area contributed by atoms with Crippen molar-refractivity contribution in [3.05, 3.63) is 60.4 Å². The Morgan fingerprint density at radius 2 is 1.70 bits per heavy atom. The summed E-state index contributed by atoms with van der Waals surface area (Å²) in [4.78, 5) is 12.3. The number of benzene rings is 2. The van der Waals surface area contributed by atoms with Gasteiger partial charge < -0.3 is 5.32 Å². The Hall–Kier alpha value is -0.550. The number of rotatable bonds is 2. The first-order valence-electron chi connectivity index (χ1n) is 5.60. The van der Waals surface area contributed by atoms with E-state index in [-0.39, 0.29) is 5.91 Å². The fraction of sp³-hybridized carbons (Fsp3) is 0.0714. The maximum absolute atomic E-state index is 12.3. The minimum atomic E-state index is -0.276. The van der Waals surface area contributed by atoms with Crippen molar-refractivity contribution in [3.8, 4) is 0 Å². The maximum Gasteiger partial charge on any atom is 0.255 e. The van der Waals surface area contributed by atoms with Crippen LogP contribution >= 0.6 is 55.1 Å². The van der Waals surface area contributed by atoms with Crippen LogP contribution in [-0.4, -0.2) is 5.91 Å². The van der Waals surface area contributed by atoms with E-state index in [0.29, 0.717) is 21.3 Å². The van der Waals surface area contributed by atoms with Crippen molar-refractivity contribution in [2.45, 2.75) is 6.92 Å². The molecule has 0 bridgehead atoms. The number of aryl methyl sites for hydroxylation is 1. The summed E-state index contributed by atoms with van der Waals surface area (Å²) in [5.74, 6) is -0.276. The highest BCUT2D eigenvalue weighted by Gasteiger charge is 2.14. The van der Waals surface area contributed by atoms with Crippen molar-refractivity contribution in [2.24, 2.45) is 0 Å². The van der Waals surface area contributed by atoms with Gasteiger partial charge in [0.25, 0.3) is 5.91 Å². The summed E-state index contributed by atoms with van der Waals surface area (Å²) in [5.41, 5.74) is 1.77. The molecule has 0 spiro atoms. The molecule has 104 valence electrons. The van der Waals surface area contributed by atoms with Gasteiger partial charge in [-0.2, -0.15) is 0 Å². The van der Waals surface area contributed by atoms with Crippen LogP contribution in [0.2, 0.25) is 10.0 Å². The predicted octanol–water partition coefficient (Wildman–Crippen LogP) is 6.08. The summed E-state index contributed by atoms with van der Waals surface area (Å²) in [6, 6.07) is 8.80. The Labute approximate surface area is 143 Å². The van der Waals surface area contributed by atoms with Crippen LogP contribution in [0.5, 0.6) is 0 Å². The molecule has 6 heteroatoms. The van der Waals surface area contributed by atoms with Crippen LogP contribution in [0.4, 0.5) is 5.69 Å². The molecule has 0 atom stereocenters. The third-order valence-electron chi connectivity index (χ3n) is 2.65. The number of anilines is 1. The molecule has 0 aliphatic rings. The van der Waals surface area contributed by atoms with E-state index >= 15 is 0 Å². The van der Waals surface area contributed by atoms with E-state index < -0.39 is 0 Å². The number of carbonyl (C=O) groups excluding carboxylic acids is 1. The molecule has 0 aliphatic heterocycles. The molecule has 0 heterocycles. The number of hydrogen-bond acceptors (Lipinski definition) is 1. The first-order valence-corrected chi connectivity index (χ1v) is 7.94. The molecular weight excluding hydrogens is 429 g/mol. The van der Waals surface area contributed by atoms with E-state index in [0.717, 1.165) is 14.5 Å². The van der Waals surface area contributed by atoms with Crippen LogP contribution in [0.15, 0.2) is 39.3 Å². The fourth-order valence-electron chi connectivity index (χ4n) is 1.64. The normalized spacial score (nSPS) is 10.4. The van der Waals surface area contributed by atoms with Gasteiger partial charge in [-0.3, -0.25) is 4.79 Å². The summed E-state index contributed by atoms with van der Waals surface area (Å²) < 4.78 is 1.61. The van der Waals surface area contributed by atoms with E-state index in [1.807, 2.05) is 13.0 Å². The van der Waals surface area contributed by atoms with E-state index in [2.05, 4.69) is 37.2 Å². The Balaban J connectivity index is 2.35. The second kappa shape index (κ2) is 6.48. The quantitative estimate of drug-likeness (QED) is 0.606. The van der Waals surface area contributed by atoms with Crippen molar-refractivity contribution in [1.82, 2.24) is 0 Å². The highest BCUT2D eigenvalue weighted by Crippen LogP contribution is 2.33. The molecule has 2 aromatic carbocycles. The molecule has 2 aromatic rings. The van der Waals surface area contributed by atoms with Gasteiger partial charge in [0, 0.05) is 14.5 Å². The lowest BCUT2D eigenvalue weighted by molar-refractivity contribution is 0.102. The van der Waals surface area contributed by atoms with Gasteiger partial charge in [-0.1, -0.05) is 61.1 Å². The van der Waals surface area contributed by atoms with Gasteiger partial charge in [0.15, 0.2) is 0 Å². The Bertz CT molecular complexity index is 669. The molecule has 0 aliphatic carbocycles. The topological polar surface area (TPSA) is 29.1 Å². The van der Waals surface area contributed by atoms with Crippen molar-refractivity contribution in [2.75, 3.05) is 5.32 Å². The SMILES string of the molecule is Cc1ccc(Cl)c(NC(=O)c2cc(Br)cc(Br)c2)c1Cl. The van der Waals surface area contributed by atoms with Crippen molar-refractivity contribution >= 4 is 66.7 Å². The molecule has 2 rings (SSSR count). The minimum Gasteiger partial charge on any atom is -0.319 e. The molecule has 0 unspecified atom stereocenters. The molecule has 0 aromatic heterocycles. The van der Waals surface area contributed by atoms with Gasteiger partial charge in [-0.05, 0) is 36.8 Å². The lowest BCUT2D eigenvalue weighted by Gasteiger charge is -2.11. The molecule has 1 N–H and O–H groups in total. The minimum absolute atomic E-state index is 0.276. The molecule has 0 saturated heterocycles. The van der Waals surface area contributed by atoms with Gasteiger partial charge >= 0.3 is 0 Å². The molecule has 2 nitrogen and oxygen atoms in total. The molecule has 0 saturated carbocycles. The smallest absolute Gasteiger partial charge is 0.255 e. The van der Waals surface area contributed by atoms with Crippen LogP contribution < -0.4 is 5.32 Å². The molecule has 20 heavy (non-hydrogen) atoms. The average Bonchev–Trinajstić information content (AvgIpc) is 2.38. The van der Waals surface area contributed by atoms with Gasteiger partial charge in [0.2, 0.25) is 0 Å². The summed E-state index contributed by atoms with van der Waals surface area (Å²) in [6.45, 7) is 1.85. The zero-order chi connectivity index (χ0) is 14.9. The number of carbonyl (C=O) groups is 1. The van der Waals surface area contributed by atoms with Gasteiger partial charge in [-0.25, -0.2) is 0 Å². The molecule has 0 fully saturated rings. The number of halogens is 4. The van der Waals surface area contributed by atoms with Crippen molar-refractivity contribution < 1.29 is 4.79 Å². The van der Waals surface area contributed by atoms with Crippen LogP contribution in [0.3, 0.4) is 0 Å². The molecule has 1 amide bonds. The predicted molar refractivity (Wildman–Crippen MR) is 91.0 cm³/mol. The van der Waals surface area contributed by atoms with E-state index in [1.165, 1.54) is 0 Å². The highest BCUT2D eigenvalue weighted by molar-refractivity contribution is 9.11. The van der Waals surface area contributed by atoms with Crippen LogP contribution in [-0.2, 0) is 0 Å². The van der Waals surface area contributed by atoms with Crippen molar-refractivity contribution in [1.29, 1.82) is 0 Å². The largest absolute Gasteiger partial charge is 0.319 e. The van der Waals surface area contributed by atoms with E-state index in [9.17, 15) is 4.79 Å². The average molecular weight is 438 g/mol. The highest BCUT2D eigenvalue weighted by atomic mass is 79.9. The Kier molecular flexibility index (Phi) is 5.13. The third-order valence-corrected chi connectivity index (χ3v) is 4.37. The summed E-state index contributed by atoms with van der Waals surface area (Å²) in [7, 11) is 0. The first-order chi connectivity index (χ1) is 9.38.